The van der Waals surface area contributed by atoms with Gasteiger partial charge in [0.15, 0.2) is 0 Å². The van der Waals surface area contributed by atoms with Crippen molar-refractivity contribution in [2.75, 3.05) is 13.2 Å². The fourth-order valence-electron chi connectivity index (χ4n) is 1.90. The van der Waals surface area contributed by atoms with Gasteiger partial charge >= 0.3 is 0 Å². The Morgan fingerprint density at radius 1 is 1.20 bits per heavy atom. The van der Waals surface area contributed by atoms with Crippen LogP contribution in [0.2, 0.25) is 0 Å². The van der Waals surface area contributed by atoms with Crippen molar-refractivity contribution in [3.05, 3.63) is 28.8 Å². The van der Waals surface area contributed by atoms with Gasteiger partial charge < -0.3 is 5.11 Å². The minimum absolute atomic E-state index is 0.0252. The van der Waals surface area contributed by atoms with Gasteiger partial charge in [0.05, 0.1) is 4.90 Å². The van der Waals surface area contributed by atoms with E-state index in [-0.39, 0.29) is 18.6 Å². The van der Waals surface area contributed by atoms with Gasteiger partial charge in [-0.2, -0.15) is 0 Å². The molecule has 0 aromatic heterocycles. The van der Waals surface area contributed by atoms with Crippen LogP contribution in [0.4, 0.5) is 0 Å². The Balaban J connectivity index is 3.26. The molecule has 0 atom stereocenters. The summed E-state index contributed by atoms with van der Waals surface area (Å²) in [5.74, 6) is 0. The SMILES string of the molecule is Cc1cc(C(C)(C)C)cc(S(=O)(=O)NCCCO)c1C. The van der Waals surface area contributed by atoms with Crippen LogP contribution in [-0.4, -0.2) is 26.7 Å². The van der Waals surface area contributed by atoms with Gasteiger partial charge in [0.1, 0.15) is 0 Å². The van der Waals surface area contributed by atoms with Gasteiger partial charge in [0, 0.05) is 13.2 Å². The van der Waals surface area contributed by atoms with Gasteiger partial charge in [0.2, 0.25) is 10.0 Å². The summed E-state index contributed by atoms with van der Waals surface area (Å²) in [6, 6.07) is 3.80. The van der Waals surface area contributed by atoms with E-state index in [4.69, 9.17) is 5.11 Å². The zero-order chi connectivity index (χ0) is 15.6. The average molecular weight is 299 g/mol. The maximum Gasteiger partial charge on any atom is 0.240 e. The molecule has 114 valence electrons. The van der Waals surface area contributed by atoms with E-state index in [2.05, 4.69) is 25.5 Å². The van der Waals surface area contributed by atoms with E-state index in [0.717, 1.165) is 16.7 Å². The molecule has 0 saturated heterocycles. The van der Waals surface area contributed by atoms with Gasteiger partial charge in [-0.05, 0) is 48.4 Å². The summed E-state index contributed by atoms with van der Waals surface area (Å²) in [7, 11) is -3.53. The molecule has 5 heteroatoms. The molecule has 0 amide bonds. The Kier molecular flexibility index (Phi) is 5.35. The number of benzene rings is 1. The van der Waals surface area contributed by atoms with Gasteiger partial charge in [-0.1, -0.05) is 26.8 Å². The van der Waals surface area contributed by atoms with Crippen LogP contribution in [0.25, 0.3) is 0 Å². The molecule has 1 rings (SSSR count). The predicted molar refractivity (Wildman–Crippen MR) is 81.5 cm³/mol. The number of aliphatic hydroxyl groups excluding tert-OH is 1. The molecule has 0 radical (unpaired) electrons. The quantitative estimate of drug-likeness (QED) is 0.820. The van der Waals surface area contributed by atoms with Gasteiger partial charge in [-0.25, -0.2) is 13.1 Å². The van der Waals surface area contributed by atoms with Crippen molar-refractivity contribution >= 4 is 10.0 Å². The van der Waals surface area contributed by atoms with E-state index in [1.54, 1.807) is 6.07 Å². The van der Waals surface area contributed by atoms with E-state index in [9.17, 15) is 8.42 Å². The minimum Gasteiger partial charge on any atom is -0.396 e. The van der Waals surface area contributed by atoms with Crippen molar-refractivity contribution in [3.63, 3.8) is 0 Å². The number of hydrogen-bond donors (Lipinski definition) is 2. The lowest BCUT2D eigenvalue weighted by Crippen LogP contribution is -2.27. The standard InChI is InChI=1S/C15H25NO3S/c1-11-9-13(15(3,4)5)10-14(12(11)2)20(18,19)16-7-6-8-17/h9-10,16-17H,6-8H2,1-5H3. The topological polar surface area (TPSA) is 66.4 Å². The molecule has 0 fully saturated rings. The molecule has 0 bridgehead atoms. The van der Waals surface area contributed by atoms with E-state index in [1.807, 2.05) is 19.9 Å². The lowest BCUT2D eigenvalue weighted by Gasteiger charge is -2.22. The monoisotopic (exact) mass is 299 g/mol. The Morgan fingerprint density at radius 3 is 2.30 bits per heavy atom. The molecule has 0 spiro atoms. The molecular weight excluding hydrogens is 274 g/mol. The van der Waals surface area contributed by atoms with Gasteiger partial charge in [-0.15, -0.1) is 0 Å². The van der Waals surface area contributed by atoms with Crippen molar-refractivity contribution in [1.82, 2.24) is 4.72 Å². The van der Waals surface area contributed by atoms with Crippen LogP contribution in [0, 0.1) is 13.8 Å². The summed E-state index contributed by atoms with van der Waals surface area (Å²) in [6.45, 7) is 10.2. The van der Waals surface area contributed by atoms with Crippen LogP contribution in [0.5, 0.6) is 0 Å². The average Bonchev–Trinajstić information content (AvgIpc) is 2.31. The van der Waals surface area contributed by atoms with Crippen molar-refractivity contribution in [1.29, 1.82) is 0 Å². The Labute approximate surface area is 122 Å². The maximum atomic E-state index is 12.4. The zero-order valence-electron chi connectivity index (χ0n) is 12.9. The Bertz CT molecular complexity index is 572. The van der Waals surface area contributed by atoms with Crippen LogP contribution in [0.15, 0.2) is 17.0 Å². The summed E-state index contributed by atoms with van der Waals surface area (Å²) in [5, 5.41) is 8.75. The van der Waals surface area contributed by atoms with E-state index < -0.39 is 10.0 Å². The van der Waals surface area contributed by atoms with Crippen LogP contribution in [-0.2, 0) is 15.4 Å². The minimum atomic E-state index is -3.53. The number of aliphatic hydroxyl groups is 1. The molecular formula is C15H25NO3S. The van der Waals surface area contributed by atoms with Crippen LogP contribution < -0.4 is 4.72 Å². The number of aryl methyl sites for hydroxylation is 1. The Hall–Kier alpha value is -0.910. The largest absolute Gasteiger partial charge is 0.396 e. The Morgan fingerprint density at radius 2 is 1.80 bits per heavy atom. The van der Waals surface area contributed by atoms with E-state index >= 15 is 0 Å². The molecule has 1 aromatic carbocycles. The highest BCUT2D eigenvalue weighted by atomic mass is 32.2. The molecule has 2 N–H and O–H groups in total. The van der Waals surface area contributed by atoms with E-state index in [1.165, 1.54) is 0 Å². The number of nitrogens with one attached hydrogen (secondary N) is 1. The molecule has 0 aliphatic carbocycles. The van der Waals surface area contributed by atoms with Crippen molar-refractivity contribution < 1.29 is 13.5 Å². The summed E-state index contributed by atoms with van der Waals surface area (Å²) < 4.78 is 27.3. The fraction of sp³-hybridized carbons (Fsp3) is 0.600. The first-order valence-electron chi connectivity index (χ1n) is 6.82. The second-order valence-corrected chi connectivity index (χ2v) is 7.88. The third-order valence-electron chi connectivity index (χ3n) is 3.40. The molecule has 0 aliphatic rings. The number of rotatable bonds is 5. The highest BCUT2D eigenvalue weighted by Crippen LogP contribution is 2.28. The van der Waals surface area contributed by atoms with E-state index in [0.29, 0.717) is 11.3 Å². The van der Waals surface area contributed by atoms with Crippen LogP contribution in [0.1, 0.15) is 43.9 Å². The van der Waals surface area contributed by atoms with Gasteiger partial charge in [-0.3, -0.25) is 0 Å². The lowest BCUT2D eigenvalue weighted by atomic mass is 9.85. The third-order valence-corrected chi connectivity index (χ3v) is 4.99. The summed E-state index contributed by atoms with van der Waals surface area (Å²) in [6.07, 6.45) is 0.413. The molecule has 1 aromatic rings. The second kappa shape index (κ2) is 6.24. The molecule has 0 saturated carbocycles. The molecule has 20 heavy (non-hydrogen) atoms. The normalized spacial score (nSPS) is 12.7. The van der Waals surface area contributed by atoms with Crippen LogP contribution in [0.3, 0.4) is 0 Å². The zero-order valence-corrected chi connectivity index (χ0v) is 13.8. The second-order valence-electron chi connectivity index (χ2n) is 6.14. The summed E-state index contributed by atoms with van der Waals surface area (Å²) in [5.41, 5.74) is 2.64. The first-order chi connectivity index (χ1) is 9.09. The molecule has 0 heterocycles. The third kappa shape index (κ3) is 4.04. The number of sulfonamides is 1. The fourth-order valence-corrected chi connectivity index (χ4v) is 3.32. The van der Waals surface area contributed by atoms with Crippen molar-refractivity contribution in [2.24, 2.45) is 0 Å². The smallest absolute Gasteiger partial charge is 0.240 e. The highest BCUT2D eigenvalue weighted by Gasteiger charge is 2.22. The first-order valence-corrected chi connectivity index (χ1v) is 8.30. The van der Waals surface area contributed by atoms with Crippen LogP contribution >= 0.6 is 0 Å². The van der Waals surface area contributed by atoms with Gasteiger partial charge in [0.25, 0.3) is 0 Å². The lowest BCUT2D eigenvalue weighted by molar-refractivity contribution is 0.289. The first kappa shape index (κ1) is 17.1. The molecule has 0 aliphatic heterocycles. The summed E-state index contributed by atoms with van der Waals surface area (Å²) >= 11 is 0. The highest BCUT2D eigenvalue weighted by molar-refractivity contribution is 7.89. The van der Waals surface area contributed by atoms with Crippen molar-refractivity contribution in [2.45, 2.75) is 51.3 Å². The molecule has 4 nitrogen and oxygen atoms in total. The molecule has 0 unspecified atom stereocenters. The summed E-state index contributed by atoms with van der Waals surface area (Å²) in [4.78, 5) is 0.334. The number of hydrogen-bond acceptors (Lipinski definition) is 3. The predicted octanol–water partition coefficient (Wildman–Crippen LogP) is 2.26. The van der Waals surface area contributed by atoms with Crippen molar-refractivity contribution in [3.8, 4) is 0 Å². The maximum absolute atomic E-state index is 12.4.